The molecule has 1 saturated heterocycles. The maximum atomic E-state index is 12.0. The van der Waals surface area contributed by atoms with Crippen LogP contribution in [0, 0.1) is 12.8 Å². The molecule has 0 spiro atoms. The Morgan fingerprint density at radius 2 is 2.04 bits per heavy atom. The van der Waals surface area contributed by atoms with Crippen LogP contribution in [-0.4, -0.2) is 29.2 Å². The van der Waals surface area contributed by atoms with Gasteiger partial charge in [0.05, 0.1) is 6.10 Å². The summed E-state index contributed by atoms with van der Waals surface area (Å²) in [7, 11) is 0. The van der Waals surface area contributed by atoms with Crippen LogP contribution >= 0.6 is 0 Å². The number of nitrogens with zero attached hydrogens (tertiary/aromatic N) is 1. The molecule has 0 bridgehead atoms. The van der Waals surface area contributed by atoms with E-state index in [-0.39, 0.29) is 11.7 Å². The number of hydrogen-bond acceptors (Lipinski definition) is 4. The van der Waals surface area contributed by atoms with Crippen LogP contribution in [0.5, 0.6) is 0 Å². The van der Waals surface area contributed by atoms with E-state index in [9.17, 15) is 9.90 Å². The van der Waals surface area contributed by atoms with E-state index in [0.717, 1.165) is 42.6 Å². The van der Waals surface area contributed by atoms with Gasteiger partial charge >= 0.3 is 5.63 Å². The van der Waals surface area contributed by atoms with E-state index in [4.69, 9.17) is 4.42 Å². The van der Waals surface area contributed by atoms with Gasteiger partial charge in [-0.05, 0) is 67.5 Å². The second-order valence-electron chi connectivity index (χ2n) is 7.47. The second-order valence-corrected chi connectivity index (χ2v) is 7.47. The highest BCUT2D eigenvalue weighted by atomic mass is 16.4. The van der Waals surface area contributed by atoms with Crippen molar-refractivity contribution in [2.75, 3.05) is 13.1 Å². The Bertz CT molecular complexity index is 791. The van der Waals surface area contributed by atoms with E-state index in [1.807, 2.05) is 13.0 Å². The molecule has 0 amide bonds. The van der Waals surface area contributed by atoms with E-state index in [1.54, 1.807) is 6.07 Å². The molecule has 1 aromatic carbocycles. The normalized spacial score (nSPS) is 20.2. The highest BCUT2D eigenvalue weighted by Crippen LogP contribution is 2.28. The molecule has 1 N–H and O–H groups in total. The van der Waals surface area contributed by atoms with Crippen molar-refractivity contribution in [3.63, 3.8) is 0 Å². The largest absolute Gasteiger partial charge is 0.423 e. The van der Waals surface area contributed by atoms with Crippen LogP contribution in [0.4, 0.5) is 0 Å². The lowest BCUT2D eigenvalue weighted by Gasteiger charge is -2.19. The summed E-state index contributed by atoms with van der Waals surface area (Å²) in [6.45, 7) is 10.9. The van der Waals surface area contributed by atoms with Crippen LogP contribution in [0.3, 0.4) is 0 Å². The Morgan fingerprint density at radius 3 is 2.67 bits per heavy atom. The molecular weight excluding hydrogens is 302 g/mol. The summed E-state index contributed by atoms with van der Waals surface area (Å²) < 4.78 is 5.43. The van der Waals surface area contributed by atoms with Crippen molar-refractivity contribution in [1.29, 1.82) is 0 Å². The summed E-state index contributed by atoms with van der Waals surface area (Å²) in [5.41, 5.74) is 3.86. The summed E-state index contributed by atoms with van der Waals surface area (Å²) in [6.07, 6.45) is 0.732. The molecule has 1 aromatic heterocycles. The fraction of sp³-hybridized carbons (Fsp3) is 0.550. The highest BCUT2D eigenvalue weighted by molar-refractivity contribution is 5.82. The predicted molar refractivity (Wildman–Crippen MR) is 96.4 cm³/mol. The zero-order valence-electron chi connectivity index (χ0n) is 15.0. The Labute approximate surface area is 143 Å². The molecule has 2 atom stereocenters. The predicted octanol–water partition coefficient (Wildman–Crippen LogP) is 3.43. The first kappa shape index (κ1) is 17.2. The molecule has 3 rings (SSSR count). The topological polar surface area (TPSA) is 53.7 Å². The number of aliphatic hydroxyl groups is 1. The van der Waals surface area contributed by atoms with E-state index in [0.29, 0.717) is 17.4 Å². The van der Waals surface area contributed by atoms with E-state index >= 15 is 0 Å². The number of aliphatic hydroxyl groups excluding tert-OH is 1. The van der Waals surface area contributed by atoms with Gasteiger partial charge in [-0.15, -0.1) is 0 Å². The second kappa shape index (κ2) is 6.69. The minimum Gasteiger partial charge on any atom is -0.423 e. The quantitative estimate of drug-likeness (QED) is 0.873. The van der Waals surface area contributed by atoms with Crippen LogP contribution < -0.4 is 5.63 Å². The maximum Gasteiger partial charge on any atom is 0.336 e. The zero-order chi connectivity index (χ0) is 17.4. The van der Waals surface area contributed by atoms with Gasteiger partial charge in [0, 0.05) is 24.5 Å². The molecule has 24 heavy (non-hydrogen) atoms. The number of rotatable bonds is 4. The molecule has 2 aromatic rings. The monoisotopic (exact) mass is 329 g/mol. The molecule has 0 radical (unpaired) electrons. The molecule has 4 heteroatoms. The third kappa shape index (κ3) is 3.40. The van der Waals surface area contributed by atoms with Gasteiger partial charge in [0.15, 0.2) is 0 Å². The van der Waals surface area contributed by atoms with Crippen molar-refractivity contribution in [2.24, 2.45) is 5.92 Å². The molecule has 0 aliphatic carbocycles. The summed E-state index contributed by atoms with van der Waals surface area (Å²) >= 11 is 0. The zero-order valence-corrected chi connectivity index (χ0v) is 15.0. The Morgan fingerprint density at radius 1 is 1.29 bits per heavy atom. The average molecular weight is 329 g/mol. The van der Waals surface area contributed by atoms with E-state index in [2.05, 4.69) is 31.7 Å². The third-order valence-electron chi connectivity index (χ3n) is 5.22. The van der Waals surface area contributed by atoms with Crippen molar-refractivity contribution in [1.82, 2.24) is 4.90 Å². The number of hydrogen-bond donors (Lipinski definition) is 1. The summed E-state index contributed by atoms with van der Waals surface area (Å²) in [4.78, 5) is 14.3. The van der Waals surface area contributed by atoms with Crippen LogP contribution in [0.1, 0.15) is 49.8 Å². The average Bonchev–Trinajstić information content (AvgIpc) is 2.94. The van der Waals surface area contributed by atoms with Gasteiger partial charge in [0.25, 0.3) is 0 Å². The Balaban J connectivity index is 1.98. The lowest BCUT2D eigenvalue weighted by molar-refractivity contribution is 0.127. The first-order valence-corrected chi connectivity index (χ1v) is 8.83. The molecule has 4 nitrogen and oxygen atoms in total. The van der Waals surface area contributed by atoms with Gasteiger partial charge in [-0.25, -0.2) is 4.79 Å². The Kier molecular flexibility index (Phi) is 4.79. The molecule has 0 saturated carbocycles. The fourth-order valence-electron chi connectivity index (χ4n) is 3.79. The van der Waals surface area contributed by atoms with Crippen LogP contribution in [0.25, 0.3) is 11.0 Å². The molecule has 2 heterocycles. The van der Waals surface area contributed by atoms with Crippen LogP contribution in [0.2, 0.25) is 0 Å². The van der Waals surface area contributed by atoms with Crippen LogP contribution in [0.15, 0.2) is 27.4 Å². The SMILES string of the molecule is Cc1cc2oc(=O)cc(CN3CCC(C(C)O)C3)c2cc1C(C)C. The lowest BCUT2D eigenvalue weighted by atomic mass is 9.95. The summed E-state index contributed by atoms with van der Waals surface area (Å²) in [5.74, 6) is 0.755. The minimum absolute atomic E-state index is 0.275. The van der Waals surface area contributed by atoms with Crippen molar-refractivity contribution in [2.45, 2.75) is 52.7 Å². The van der Waals surface area contributed by atoms with Gasteiger partial charge in [0.2, 0.25) is 0 Å². The van der Waals surface area contributed by atoms with Gasteiger partial charge < -0.3 is 9.52 Å². The Hall–Kier alpha value is -1.65. The van der Waals surface area contributed by atoms with Crippen molar-refractivity contribution in [3.05, 3.63) is 45.3 Å². The number of benzene rings is 1. The molecule has 130 valence electrons. The summed E-state index contributed by atoms with van der Waals surface area (Å²) in [6, 6.07) is 5.78. The number of likely N-dealkylation sites (tertiary alicyclic amines) is 1. The van der Waals surface area contributed by atoms with Gasteiger partial charge in [-0.2, -0.15) is 0 Å². The van der Waals surface area contributed by atoms with E-state index < -0.39 is 0 Å². The minimum atomic E-state index is -0.291. The first-order valence-electron chi connectivity index (χ1n) is 8.83. The third-order valence-corrected chi connectivity index (χ3v) is 5.22. The molecule has 1 fully saturated rings. The lowest BCUT2D eigenvalue weighted by Crippen LogP contribution is -2.24. The smallest absolute Gasteiger partial charge is 0.336 e. The standard InChI is InChI=1S/C20H27NO3/c1-12(2)17-9-18-16(8-20(23)24-19(18)7-13(17)3)11-21-6-5-15(10-21)14(4)22/h7-9,12,14-15,22H,5-6,10-11H2,1-4H3. The van der Waals surface area contributed by atoms with Crippen molar-refractivity contribution in [3.8, 4) is 0 Å². The van der Waals surface area contributed by atoms with Crippen LogP contribution in [-0.2, 0) is 6.54 Å². The van der Waals surface area contributed by atoms with Crippen molar-refractivity contribution < 1.29 is 9.52 Å². The molecule has 1 aliphatic heterocycles. The molecule has 1 aliphatic rings. The summed E-state index contributed by atoms with van der Waals surface area (Å²) in [5, 5.41) is 10.8. The van der Waals surface area contributed by atoms with Gasteiger partial charge in [-0.3, -0.25) is 4.90 Å². The van der Waals surface area contributed by atoms with Gasteiger partial charge in [0.1, 0.15) is 5.58 Å². The van der Waals surface area contributed by atoms with Gasteiger partial charge in [-0.1, -0.05) is 13.8 Å². The van der Waals surface area contributed by atoms with E-state index in [1.165, 1.54) is 5.56 Å². The molecule has 2 unspecified atom stereocenters. The maximum absolute atomic E-state index is 12.0. The number of aryl methyl sites for hydroxylation is 1. The fourth-order valence-corrected chi connectivity index (χ4v) is 3.79. The first-order chi connectivity index (χ1) is 11.3. The molecular formula is C20H27NO3. The van der Waals surface area contributed by atoms with Crippen molar-refractivity contribution >= 4 is 11.0 Å². The number of fused-ring (bicyclic) bond motifs is 1. The highest BCUT2D eigenvalue weighted by Gasteiger charge is 2.26.